The van der Waals surface area contributed by atoms with Crippen molar-refractivity contribution >= 4 is 17.6 Å². The van der Waals surface area contributed by atoms with Crippen LogP contribution >= 0.6 is 0 Å². The van der Waals surface area contributed by atoms with E-state index < -0.39 is 5.91 Å². The van der Waals surface area contributed by atoms with E-state index in [4.69, 9.17) is 5.73 Å². The lowest BCUT2D eigenvalue weighted by Gasteiger charge is -2.23. The highest BCUT2D eigenvalue weighted by molar-refractivity contribution is 5.92. The molecule has 0 aliphatic carbocycles. The number of pyridine rings is 1. The van der Waals surface area contributed by atoms with Crippen molar-refractivity contribution in [3.8, 4) is 0 Å². The molecule has 0 radical (unpaired) electrons. The lowest BCUT2D eigenvalue weighted by molar-refractivity contribution is -0.131. The molecule has 19 heavy (non-hydrogen) atoms. The number of primary amides is 1. The average Bonchev–Trinajstić information content (AvgIpc) is 2.40. The van der Waals surface area contributed by atoms with E-state index >= 15 is 0 Å². The Labute approximate surface area is 113 Å². The number of anilines is 1. The molecule has 0 bridgehead atoms. The lowest BCUT2D eigenvalue weighted by Crippen LogP contribution is -2.41. The van der Waals surface area contributed by atoms with Gasteiger partial charge in [-0.05, 0) is 32.9 Å². The van der Waals surface area contributed by atoms with Gasteiger partial charge in [-0.3, -0.25) is 9.59 Å². The maximum Gasteiger partial charge on any atom is 0.250 e. The third-order valence-corrected chi connectivity index (χ3v) is 2.86. The highest BCUT2D eigenvalue weighted by atomic mass is 16.2. The molecule has 6 nitrogen and oxygen atoms in total. The van der Waals surface area contributed by atoms with Crippen molar-refractivity contribution in [3.05, 3.63) is 23.9 Å². The van der Waals surface area contributed by atoms with Crippen LogP contribution in [-0.4, -0.2) is 40.8 Å². The fraction of sp³-hybridized carbons (Fsp3) is 0.462. The smallest absolute Gasteiger partial charge is 0.250 e. The molecule has 0 saturated heterocycles. The predicted molar refractivity (Wildman–Crippen MR) is 73.8 cm³/mol. The first-order valence-electron chi connectivity index (χ1n) is 6.30. The first-order chi connectivity index (χ1) is 8.99. The molecule has 1 atom stereocenters. The van der Waals surface area contributed by atoms with E-state index in [1.165, 1.54) is 6.20 Å². The van der Waals surface area contributed by atoms with Gasteiger partial charge in [-0.25, -0.2) is 4.98 Å². The highest BCUT2D eigenvalue weighted by Gasteiger charge is 2.18. The third-order valence-electron chi connectivity index (χ3n) is 2.86. The molecule has 1 heterocycles. The normalized spacial score (nSPS) is 11.7. The summed E-state index contributed by atoms with van der Waals surface area (Å²) < 4.78 is 0. The number of hydrogen-bond donors (Lipinski definition) is 2. The molecular formula is C13H20N4O2. The van der Waals surface area contributed by atoms with Gasteiger partial charge in [-0.1, -0.05) is 0 Å². The molecule has 2 amide bonds. The predicted octanol–water partition coefficient (Wildman–Crippen LogP) is 0.849. The number of carbonyl (C=O) groups is 2. The van der Waals surface area contributed by atoms with E-state index in [1.54, 1.807) is 24.0 Å². The van der Waals surface area contributed by atoms with Gasteiger partial charge in [-0.15, -0.1) is 0 Å². The summed E-state index contributed by atoms with van der Waals surface area (Å²) >= 11 is 0. The van der Waals surface area contributed by atoms with Crippen molar-refractivity contribution in [1.82, 2.24) is 9.88 Å². The molecule has 1 rings (SSSR count). The Morgan fingerprint density at radius 3 is 2.42 bits per heavy atom. The van der Waals surface area contributed by atoms with Gasteiger partial charge >= 0.3 is 0 Å². The second-order valence-electron chi connectivity index (χ2n) is 4.17. The van der Waals surface area contributed by atoms with Gasteiger partial charge in [0.1, 0.15) is 11.9 Å². The number of nitrogens with two attached hydrogens (primary N) is 1. The molecule has 1 aromatic heterocycles. The number of likely N-dealkylation sites (N-methyl/N-ethyl adjacent to an activating group) is 1. The van der Waals surface area contributed by atoms with Gasteiger partial charge in [0, 0.05) is 19.3 Å². The number of rotatable bonds is 6. The van der Waals surface area contributed by atoms with Crippen molar-refractivity contribution in [1.29, 1.82) is 0 Å². The van der Waals surface area contributed by atoms with Crippen LogP contribution in [0.3, 0.4) is 0 Å². The first kappa shape index (κ1) is 14.9. The molecule has 0 aliphatic rings. The molecule has 0 saturated carbocycles. The Hall–Kier alpha value is -2.11. The van der Waals surface area contributed by atoms with E-state index in [0.29, 0.717) is 24.5 Å². The molecule has 0 fully saturated rings. The highest BCUT2D eigenvalue weighted by Crippen LogP contribution is 2.07. The van der Waals surface area contributed by atoms with Crippen LogP contribution in [0.4, 0.5) is 5.82 Å². The summed E-state index contributed by atoms with van der Waals surface area (Å²) in [5.74, 6) is 0.0371. The summed E-state index contributed by atoms with van der Waals surface area (Å²) in [5, 5.41) is 3.00. The van der Waals surface area contributed by atoms with Crippen LogP contribution in [0, 0.1) is 0 Å². The van der Waals surface area contributed by atoms with Gasteiger partial charge in [0.05, 0.1) is 5.56 Å². The number of hydrogen-bond acceptors (Lipinski definition) is 4. The fourth-order valence-electron chi connectivity index (χ4n) is 1.72. The van der Waals surface area contributed by atoms with E-state index in [-0.39, 0.29) is 11.9 Å². The van der Waals surface area contributed by atoms with Crippen LogP contribution < -0.4 is 11.1 Å². The van der Waals surface area contributed by atoms with Crippen LogP contribution in [0.15, 0.2) is 18.3 Å². The first-order valence-corrected chi connectivity index (χ1v) is 6.30. The number of amides is 2. The fourth-order valence-corrected chi connectivity index (χ4v) is 1.72. The van der Waals surface area contributed by atoms with Crippen LogP contribution in [0.25, 0.3) is 0 Å². The molecule has 6 heteroatoms. The maximum atomic E-state index is 12.0. The summed E-state index contributed by atoms with van der Waals surface area (Å²) in [6.07, 6.45) is 1.39. The van der Waals surface area contributed by atoms with Crippen molar-refractivity contribution in [2.75, 3.05) is 18.4 Å². The summed E-state index contributed by atoms with van der Waals surface area (Å²) in [7, 11) is 0. The monoisotopic (exact) mass is 264 g/mol. The molecule has 1 unspecified atom stereocenters. The Balaban J connectivity index is 2.68. The van der Waals surface area contributed by atoms with Crippen molar-refractivity contribution < 1.29 is 9.59 Å². The Morgan fingerprint density at radius 2 is 2.00 bits per heavy atom. The van der Waals surface area contributed by atoms with E-state index in [9.17, 15) is 9.59 Å². The molecule has 0 aromatic carbocycles. The maximum absolute atomic E-state index is 12.0. The topological polar surface area (TPSA) is 88.3 Å². The lowest BCUT2D eigenvalue weighted by atomic mass is 10.2. The second kappa shape index (κ2) is 6.72. The molecule has 1 aromatic rings. The van der Waals surface area contributed by atoms with Crippen molar-refractivity contribution in [2.24, 2.45) is 5.73 Å². The molecular weight excluding hydrogens is 244 g/mol. The zero-order chi connectivity index (χ0) is 14.4. The van der Waals surface area contributed by atoms with Crippen LogP contribution in [0.2, 0.25) is 0 Å². The van der Waals surface area contributed by atoms with E-state index in [0.717, 1.165) is 0 Å². The Morgan fingerprint density at radius 1 is 1.37 bits per heavy atom. The summed E-state index contributed by atoms with van der Waals surface area (Å²) in [6, 6.07) is 2.84. The Bertz CT molecular complexity index is 440. The van der Waals surface area contributed by atoms with Crippen LogP contribution in [0.1, 0.15) is 31.1 Å². The number of aromatic nitrogens is 1. The van der Waals surface area contributed by atoms with Gasteiger partial charge in [0.2, 0.25) is 11.8 Å². The second-order valence-corrected chi connectivity index (χ2v) is 4.17. The minimum atomic E-state index is -0.522. The molecule has 0 aliphatic heterocycles. The zero-order valence-electron chi connectivity index (χ0n) is 11.5. The summed E-state index contributed by atoms with van der Waals surface area (Å²) in [6.45, 7) is 7.01. The van der Waals surface area contributed by atoms with Gasteiger partial charge < -0.3 is 16.0 Å². The third kappa shape index (κ3) is 3.94. The zero-order valence-corrected chi connectivity index (χ0v) is 11.5. The standard InChI is InChI=1S/C13H20N4O2/c1-4-17(5-2)13(19)9(3)16-11-7-6-10(8-15-11)12(14)18/h6-9H,4-5H2,1-3H3,(H2,14,18)(H,15,16). The van der Waals surface area contributed by atoms with E-state index in [2.05, 4.69) is 10.3 Å². The minimum absolute atomic E-state index is 0.0192. The SMILES string of the molecule is CCN(CC)C(=O)C(C)Nc1ccc(C(N)=O)cn1. The van der Waals surface area contributed by atoms with Crippen LogP contribution in [-0.2, 0) is 4.79 Å². The summed E-state index contributed by atoms with van der Waals surface area (Å²) in [5.41, 5.74) is 5.47. The van der Waals surface area contributed by atoms with Gasteiger partial charge in [0.15, 0.2) is 0 Å². The number of nitrogens with one attached hydrogen (secondary N) is 1. The largest absolute Gasteiger partial charge is 0.366 e. The molecule has 104 valence electrons. The van der Waals surface area contributed by atoms with Gasteiger partial charge in [-0.2, -0.15) is 0 Å². The molecule has 0 spiro atoms. The van der Waals surface area contributed by atoms with Crippen LogP contribution in [0.5, 0.6) is 0 Å². The quantitative estimate of drug-likeness (QED) is 0.797. The number of nitrogens with zero attached hydrogens (tertiary/aromatic N) is 2. The average molecular weight is 264 g/mol. The van der Waals surface area contributed by atoms with Crippen molar-refractivity contribution in [3.63, 3.8) is 0 Å². The van der Waals surface area contributed by atoms with Crippen molar-refractivity contribution in [2.45, 2.75) is 26.8 Å². The molecule has 3 N–H and O–H groups in total. The minimum Gasteiger partial charge on any atom is -0.366 e. The Kier molecular flexibility index (Phi) is 5.29. The van der Waals surface area contributed by atoms with Gasteiger partial charge in [0.25, 0.3) is 0 Å². The number of carbonyl (C=O) groups excluding carboxylic acids is 2. The summed E-state index contributed by atoms with van der Waals surface area (Å²) in [4.78, 5) is 28.8. The van der Waals surface area contributed by atoms with E-state index in [1.807, 2.05) is 13.8 Å².